The minimum Gasteiger partial charge on any atom is -0.243 e. The number of halogens is 4. The lowest BCUT2D eigenvalue weighted by atomic mass is 10.1. The molecule has 2 unspecified atom stereocenters. The average molecular weight is 222 g/mol. The molecule has 0 amide bonds. The highest BCUT2D eigenvalue weighted by Gasteiger charge is 2.58. The van der Waals surface area contributed by atoms with Crippen LogP contribution in [0, 0.1) is 5.92 Å². The van der Waals surface area contributed by atoms with Crippen LogP contribution < -0.4 is 0 Å². The van der Waals surface area contributed by atoms with Crippen LogP contribution in [0.5, 0.6) is 0 Å². The van der Waals surface area contributed by atoms with Crippen molar-refractivity contribution in [2.24, 2.45) is 16.1 Å². The van der Waals surface area contributed by atoms with E-state index in [1.54, 1.807) is 6.92 Å². The third-order valence-corrected chi connectivity index (χ3v) is 2.83. The first-order valence-electron chi connectivity index (χ1n) is 4.67. The number of hydrogen-bond donors (Lipinski definition) is 0. The van der Waals surface area contributed by atoms with Crippen molar-refractivity contribution >= 4 is 11.4 Å². The van der Waals surface area contributed by atoms with Crippen LogP contribution in [0.25, 0.3) is 0 Å². The van der Waals surface area contributed by atoms with Gasteiger partial charge in [0, 0.05) is 18.1 Å². The molecule has 0 spiro atoms. The van der Waals surface area contributed by atoms with Crippen molar-refractivity contribution in [2.75, 3.05) is 0 Å². The third-order valence-electron chi connectivity index (χ3n) is 2.83. The largest absolute Gasteiger partial charge is 0.431 e. The topological polar surface area (TPSA) is 24.7 Å². The summed E-state index contributed by atoms with van der Waals surface area (Å²) in [5, 5.41) is 6.56. The van der Waals surface area contributed by atoms with Crippen molar-refractivity contribution in [2.45, 2.75) is 38.0 Å². The Morgan fingerprint density at radius 3 is 2.60 bits per heavy atom. The number of nitrogens with zero attached hydrogens (tertiary/aromatic N) is 2. The van der Waals surface area contributed by atoms with Gasteiger partial charge in [0.1, 0.15) is 11.4 Å². The van der Waals surface area contributed by atoms with E-state index in [4.69, 9.17) is 0 Å². The summed E-state index contributed by atoms with van der Waals surface area (Å²) in [5.74, 6) is -0.311. The molecule has 2 atom stereocenters. The lowest BCUT2D eigenvalue weighted by Crippen LogP contribution is -2.28. The van der Waals surface area contributed by atoms with E-state index >= 15 is 0 Å². The highest BCUT2D eigenvalue weighted by Crippen LogP contribution is 2.53. The number of rotatable bonds is 0. The molecule has 15 heavy (non-hydrogen) atoms. The van der Waals surface area contributed by atoms with Gasteiger partial charge in [-0.05, 0) is 19.8 Å². The Morgan fingerprint density at radius 2 is 2.00 bits per heavy atom. The van der Waals surface area contributed by atoms with E-state index in [2.05, 4.69) is 10.2 Å². The lowest BCUT2D eigenvalue weighted by Gasteiger charge is -2.14. The second kappa shape index (κ2) is 3.02. The minimum atomic E-state index is -4.58. The molecule has 0 saturated heterocycles. The molecule has 2 nitrogen and oxygen atoms in total. The summed E-state index contributed by atoms with van der Waals surface area (Å²) in [4.78, 5) is 0. The van der Waals surface area contributed by atoms with Gasteiger partial charge >= 0.3 is 6.18 Å². The quantitative estimate of drug-likeness (QED) is 0.563. The predicted octanol–water partition coefficient (Wildman–Crippen LogP) is 2.89. The second-order valence-electron chi connectivity index (χ2n) is 4.20. The van der Waals surface area contributed by atoms with E-state index in [1.807, 2.05) is 0 Å². The summed E-state index contributed by atoms with van der Waals surface area (Å²) in [6.07, 6.45) is -4.63. The monoisotopic (exact) mass is 222 g/mol. The molecule has 0 aromatic carbocycles. The summed E-state index contributed by atoms with van der Waals surface area (Å²) in [5.41, 5.74) is -2.35. The normalized spacial score (nSPS) is 42.9. The van der Waals surface area contributed by atoms with Gasteiger partial charge in [0.25, 0.3) is 0 Å². The van der Waals surface area contributed by atoms with Gasteiger partial charge in [-0.2, -0.15) is 23.4 Å². The van der Waals surface area contributed by atoms with Gasteiger partial charge in [0.05, 0.1) is 0 Å². The molecular weight excluding hydrogens is 212 g/mol. The van der Waals surface area contributed by atoms with Crippen molar-refractivity contribution in [3.8, 4) is 0 Å². The first kappa shape index (κ1) is 10.6. The zero-order valence-electron chi connectivity index (χ0n) is 8.10. The van der Waals surface area contributed by atoms with Crippen molar-refractivity contribution in [3.63, 3.8) is 0 Å². The van der Waals surface area contributed by atoms with Crippen LogP contribution in [0.2, 0.25) is 0 Å². The Morgan fingerprint density at radius 1 is 1.33 bits per heavy atom. The van der Waals surface area contributed by atoms with Gasteiger partial charge in [-0.15, -0.1) is 0 Å². The number of fused-ring (bicyclic) bond motifs is 1. The zero-order chi connectivity index (χ0) is 11.3. The highest BCUT2D eigenvalue weighted by molar-refractivity contribution is 5.93. The summed E-state index contributed by atoms with van der Waals surface area (Å²) in [7, 11) is 0. The van der Waals surface area contributed by atoms with Gasteiger partial charge in [-0.1, -0.05) is 0 Å². The van der Waals surface area contributed by atoms with Gasteiger partial charge in [0.15, 0.2) is 0 Å². The molecule has 84 valence electrons. The summed E-state index contributed by atoms with van der Waals surface area (Å²) >= 11 is 0. The molecule has 0 aromatic heterocycles. The number of alkyl halides is 4. The second-order valence-corrected chi connectivity index (χ2v) is 4.20. The van der Waals surface area contributed by atoms with Gasteiger partial charge in [0.2, 0.25) is 0 Å². The summed E-state index contributed by atoms with van der Waals surface area (Å²) < 4.78 is 50.8. The van der Waals surface area contributed by atoms with Crippen molar-refractivity contribution in [1.29, 1.82) is 0 Å². The molecule has 2 aliphatic rings. The third kappa shape index (κ3) is 2.03. The molecule has 1 saturated carbocycles. The average Bonchev–Trinajstić information content (AvgIpc) is 2.64. The van der Waals surface area contributed by atoms with Crippen LogP contribution in [0.15, 0.2) is 10.2 Å². The first-order valence-corrected chi connectivity index (χ1v) is 4.67. The SMILES string of the molecule is C/C1=N/N=C(\C(F)(F)F)CC2(F)CC2C1. The minimum absolute atomic E-state index is 0.189. The maximum atomic E-state index is 13.7. The Kier molecular flexibility index (Phi) is 2.13. The predicted molar refractivity (Wildman–Crippen MR) is 47.8 cm³/mol. The van der Waals surface area contributed by atoms with Crippen LogP contribution in [0.1, 0.15) is 26.2 Å². The molecule has 6 heteroatoms. The van der Waals surface area contributed by atoms with Gasteiger partial charge in [-0.3, -0.25) is 0 Å². The zero-order valence-corrected chi connectivity index (χ0v) is 8.10. The summed E-state index contributed by atoms with van der Waals surface area (Å²) in [6.45, 7) is 1.57. The highest BCUT2D eigenvalue weighted by atomic mass is 19.4. The fourth-order valence-corrected chi connectivity index (χ4v) is 1.84. The lowest BCUT2D eigenvalue weighted by molar-refractivity contribution is -0.0621. The van der Waals surface area contributed by atoms with Gasteiger partial charge in [-0.25, -0.2) is 4.39 Å². The molecule has 0 N–H and O–H groups in total. The number of hydrogen-bond acceptors (Lipinski definition) is 2. The Bertz CT molecular complexity index is 345. The molecular formula is C9H10F4N2. The van der Waals surface area contributed by atoms with E-state index in [1.165, 1.54) is 0 Å². The van der Waals surface area contributed by atoms with E-state index in [9.17, 15) is 17.6 Å². The Hall–Kier alpha value is -0.940. The standard InChI is InChI=1S/C9H10F4N2/c1-5-2-6-3-8(6,10)4-7(15-14-5)9(11,12)13/h6H,2-4H2,1H3/b14-5-,15-7-. The maximum absolute atomic E-state index is 13.7. The summed E-state index contributed by atoms with van der Waals surface area (Å²) in [6, 6.07) is 0. The maximum Gasteiger partial charge on any atom is 0.431 e. The molecule has 2 rings (SSSR count). The van der Waals surface area contributed by atoms with Crippen LogP contribution in [-0.4, -0.2) is 23.3 Å². The van der Waals surface area contributed by atoms with E-state index < -0.39 is 24.0 Å². The fraction of sp³-hybridized carbons (Fsp3) is 0.778. The van der Waals surface area contributed by atoms with Gasteiger partial charge < -0.3 is 0 Å². The molecule has 1 aliphatic heterocycles. The van der Waals surface area contributed by atoms with Crippen LogP contribution >= 0.6 is 0 Å². The molecule has 0 bridgehead atoms. The van der Waals surface area contributed by atoms with E-state index in [-0.39, 0.29) is 12.3 Å². The molecule has 1 aliphatic carbocycles. The molecule has 0 aromatic rings. The molecule has 1 fully saturated rings. The fourth-order valence-electron chi connectivity index (χ4n) is 1.84. The Labute approximate surface area is 84.1 Å². The molecule has 0 radical (unpaired) electrons. The Balaban J connectivity index is 2.29. The molecule has 1 heterocycles. The van der Waals surface area contributed by atoms with Crippen molar-refractivity contribution in [1.82, 2.24) is 0 Å². The smallest absolute Gasteiger partial charge is 0.243 e. The van der Waals surface area contributed by atoms with E-state index in [0.717, 1.165) is 0 Å². The first-order chi connectivity index (χ1) is 6.81. The van der Waals surface area contributed by atoms with Crippen LogP contribution in [0.3, 0.4) is 0 Å². The van der Waals surface area contributed by atoms with Crippen LogP contribution in [-0.2, 0) is 0 Å². The van der Waals surface area contributed by atoms with Crippen molar-refractivity contribution in [3.05, 3.63) is 0 Å². The van der Waals surface area contributed by atoms with E-state index in [0.29, 0.717) is 12.1 Å². The van der Waals surface area contributed by atoms with Crippen molar-refractivity contribution < 1.29 is 17.6 Å². The van der Waals surface area contributed by atoms with Crippen LogP contribution in [0.4, 0.5) is 17.6 Å².